The first-order valence-electron chi connectivity index (χ1n) is 5.39. The zero-order chi connectivity index (χ0) is 10.8. The van der Waals surface area contributed by atoms with Gasteiger partial charge in [0, 0.05) is 4.70 Å². The van der Waals surface area contributed by atoms with Crippen molar-refractivity contribution >= 4 is 21.4 Å². The van der Waals surface area contributed by atoms with Crippen molar-refractivity contribution in [2.24, 2.45) is 11.7 Å². The van der Waals surface area contributed by atoms with Gasteiger partial charge in [-0.25, -0.2) is 0 Å². The van der Waals surface area contributed by atoms with Crippen LogP contribution in [0.2, 0.25) is 0 Å². The lowest BCUT2D eigenvalue weighted by molar-refractivity contribution is 0.507. The Hall–Kier alpha value is -0.860. The van der Waals surface area contributed by atoms with Gasteiger partial charge < -0.3 is 5.73 Å². The van der Waals surface area contributed by atoms with Gasteiger partial charge in [-0.15, -0.1) is 11.3 Å². The van der Waals surface area contributed by atoms with E-state index < -0.39 is 0 Å². The Morgan fingerprint density at radius 3 is 2.73 bits per heavy atom. The minimum Gasteiger partial charge on any atom is -0.330 e. The average Bonchev–Trinajstić information content (AvgIpc) is 2.65. The summed E-state index contributed by atoms with van der Waals surface area (Å²) in [6.07, 6.45) is 0. The van der Waals surface area contributed by atoms with Crippen molar-refractivity contribution in [2.75, 3.05) is 6.54 Å². The number of hydrogen-bond acceptors (Lipinski definition) is 2. The standard InChI is InChI=1S/C13H17NS/c1-9(2)12(8-14)10-3-4-13-11(7-10)5-6-15-13/h3-7,9,12H,8,14H2,1-2H3. The molecule has 1 aromatic heterocycles. The summed E-state index contributed by atoms with van der Waals surface area (Å²) < 4.78 is 1.36. The fraction of sp³-hybridized carbons (Fsp3) is 0.385. The smallest absolute Gasteiger partial charge is 0.0342 e. The van der Waals surface area contributed by atoms with E-state index in [2.05, 4.69) is 43.5 Å². The van der Waals surface area contributed by atoms with Gasteiger partial charge in [0.1, 0.15) is 0 Å². The summed E-state index contributed by atoms with van der Waals surface area (Å²) in [7, 11) is 0. The van der Waals surface area contributed by atoms with Gasteiger partial charge in [0.25, 0.3) is 0 Å². The highest BCUT2D eigenvalue weighted by Gasteiger charge is 2.14. The quantitative estimate of drug-likeness (QED) is 0.838. The minimum atomic E-state index is 0.481. The second-order valence-electron chi connectivity index (χ2n) is 4.30. The van der Waals surface area contributed by atoms with Crippen molar-refractivity contribution in [1.82, 2.24) is 0 Å². The van der Waals surface area contributed by atoms with Crippen molar-refractivity contribution in [1.29, 1.82) is 0 Å². The van der Waals surface area contributed by atoms with Gasteiger partial charge in [-0.3, -0.25) is 0 Å². The number of thiophene rings is 1. The van der Waals surface area contributed by atoms with Crippen LogP contribution in [0.5, 0.6) is 0 Å². The lowest BCUT2D eigenvalue weighted by Crippen LogP contribution is -2.17. The van der Waals surface area contributed by atoms with Gasteiger partial charge in [0.2, 0.25) is 0 Å². The fourth-order valence-electron chi connectivity index (χ4n) is 2.01. The highest BCUT2D eigenvalue weighted by molar-refractivity contribution is 7.17. The van der Waals surface area contributed by atoms with Crippen molar-refractivity contribution in [3.05, 3.63) is 35.2 Å². The number of rotatable bonds is 3. The molecule has 0 aliphatic heterocycles. The van der Waals surface area contributed by atoms with Gasteiger partial charge in [-0.1, -0.05) is 19.9 Å². The first-order valence-corrected chi connectivity index (χ1v) is 6.27. The molecule has 1 heterocycles. The third-order valence-corrected chi connectivity index (χ3v) is 3.86. The van der Waals surface area contributed by atoms with Crippen molar-refractivity contribution in [3.63, 3.8) is 0 Å². The fourth-order valence-corrected chi connectivity index (χ4v) is 2.78. The van der Waals surface area contributed by atoms with Gasteiger partial charge >= 0.3 is 0 Å². The number of hydrogen-bond donors (Lipinski definition) is 1. The maximum atomic E-state index is 5.83. The Bertz CT molecular complexity index is 444. The Kier molecular flexibility index (Phi) is 3.08. The Morgan fingerprint density at radius 2 is 2.07 bits per heavy atom. The molecular formula is C13H17NS. The molecule has 0 saturated heterocycles. The molecule has 2 rings (SSSR count). The third-order valence-electron chi connectivity index (χ3n) is 2.96. The van der Waals surface area contributed by atoms with E-state index in [0.29, 0.717) is 11.8 Å². The van der Waals surface area contributed by atoms with Crippen LogP contribution in [0.1, 0.15) is 25.3 Å². The minimum absolute atomic E-state index is 0.481. The molecule has 1 nitrogen and oxygen atoms in total. The number of benzene rings is 1. The summed E-state index contributed by atoms with van der Waals surface area (Å²) in [6.45, 7) is 5.19. The summed E-state index contributed by atoms with van der Waals surface area (Å²) >= 11 is 1.79. The second-order valence-corrected chi connectivity index (χ2v) is 5.25. The van der Waals surface area contributed by atoms with E-state index in [1.165, 1.54) is 15.6 Å². The molecule has 0 aliphatic carbocycles. The lowest BCUT2D eigenvalue weighted by atomic mass is 9.88. The molecule has 0 amide bonds. The van der Waals surface area contributed by atoms with Crippen LogP contribution in [0.3, 0.4) is 0 Å². The predicted molar refractivity (Wildman–Crippen MR) is 68.5 cm³/mol. The zero-order valence-electron chi connectivity index (χ0n) is 9.23. The maximum Gasteiger partial charge on any atom is 0.0342 e. The second kappa shape index (κ2) is 4.33. The van der Waals surface area contributed by atoms with Crippen LogP contribution >= 0.6 is 11.3 Å². The maximum absolute atomic E-state index is 5.83. The average molecular weight is 219 g/mol. The van der Waals surface area contributed by atoms with Gasteiger partial charge in [-0.2, -0.15) is 0 Å². The molecule has 0 aliphatic rings. The first-order chi connectivity index (χ1) is 7.22. The van der Waals surface area contributed by atoms with E-state index >= 15 is 0 Å². The van der Waals surface area contributed by atoms with Crippen molar-refractivity contribution in [2.45, 2.75) is 19.8 Å². The van der Waals surface area contributed by atoms with Gasteiger partial charge in [-0.05, 0) is 52.9 Å². The third kappa shape index (κ3) is 2.06. The molecule has 2 aromatic rings. The molecule has 0 radical (unpaired) electrons. The lowest BCUT2D eigenvalue weighted by Gasteiger charge is -2.19. The molecule has 0 saturated carbocycles. The molecule has 1 atom stereocenters. The topological polar surface area (TPSA) is 26.0 Å². The molecule has 0 fully saturated rings. The highest BCUT2D eigenvalue weighted by Crippen LogP contribution is 2.28. The Labute approximate surface area is 94.9 Å². The first kappa shape index (κ1) is 10.7. The van der Waals surface area contributed by atoms with E-state index in [1.807, 2.05) is 0 Å². The normalized spacial score (nSPS) is 13.6. The molecule has 2 N–H and O–H groups in total. The molecular weight excluding hydrogens is 202 g/mol. The summed E-state index contributed by atoms with van der Waals surface area (Å²) in [5.74, 6) is 1.08. The Morgan fingerprint density at radius 1 is 1.27 bits per heavy atom. The summed E-state index contributed by atoms with van der Waals surface area (Å²) in [6, 6.07) is 8.89. The van der Waals surface area contributed by atoms with Crippen LogP contribution < -0.4 is 5.73 Å². The van der Waals surface area contributed by atoms with E-state index in [-0.39, 0.29) is 0 Å². The van der Waals surface area contributed by atoms with E-state index in [9.17, 15) is 0 Å². The highest BCUT2D eigenvalue weighted by atomic mass is 32.1. The summed E-state index contributed by atoms with van der Waals surface area (Å²) in [4.78, 5) is 0. The van der Waals surface area contributed by atoms with Crippen LogP contribution in [0.4, 0.5) is 0 Å². The van der Waals surface area contributed by atoms with Crippen LogP contribution in [-0.4, -0.2) is 6.54 Å². The largest absolute Gasteiger partial charge is 0.330 e. The SMILES string of the molecule is CC(C)C(CN)c1ccc2sccc2c1. The van der Waals surface area contributed by atoms with E-state index in [1.54, 1.807) is 11.3 Å². The number of nitrogens with two attached hydrogens (primary N) is 1. The molecule has 1 aromatic carbocycles. The molecule has 2 heteroatoms. The molecule has 0 spiro atoms. The van der Waals surface area contributed by atoms with Crippen LogP contribution in [0, 0.1) is 5.92 Å². The van der Waals surface area contributed by atoms with Gasteiger partial charge in [0.05, 0.1) is 0 Å². The molecule has 1 unspecified atom stereocenters. The van der Waals surface area contributed by atoms with E-state index in [0.717, 1.165) is 6.54 Å². The van der Waals surface area contributed by atoms with E-state index in [4.69, 9.17) is 5.73 Å². The van der Waals surface area contributed by atoms with Crippen LogP contribution in [0.15, 0.2) is 29.6 Å². The van der Waals surface area contributed by atoms with Crippen LogP contribution in [-0.2, 0) is 0 Å². The number of fused-ring (bicyclic) bond motifs is 1. The summed E-state index contributed by atoms with van der Waals surface area (Å²) in [5.41, 5.74) is 7.20. The molecule has 80 valence electrons. The predicted octanol–water partition coefficient (Wildman–Crippen LogP) is 3.60. The van der Waals surface area contributed by atoms with Crippen LogP contribution in [0.25, 0.3) is 10.1 Å². The van der Waals surface area contributed by atoms with Gasteiger partial charge in [0.15, 0.2) is 0 Å². The van der Waals surface area contributed by atoms with Crippen molar-refractivity contribution < 1.29 is 0 Å². The summed E-state index contributed by atoms with van der Waals surface area (Å²) in [5, 5.41) is 3.48. The zero-order valence-corrected chi connectivity index (χ0v) is 10.1. The molecule has 0 bridgehead atoms. The molecule has 15 heavy (non-hydrogen) atoms. The van der Waals surface area contributed by atoms with Crippen molar-refractivity contribution in [3.8, 4) is 0 Å². The Balaban J connectivity index is 2.41. The monoisotopic (exact) mass is 219 g/mol.